The van der Waals surface area contributed by atoms with E-state index >= 15 is 0 Å². The first kappa shape index (κ1) is 13.5. The molecule has 1 aromatic heterocycles. The van der Waals surface area contributed by atoms with Gasteiger partial charge in [-0.05, 0) is 36.8 Å². The average molecular weight is 260 g/mol. The number of nitrogens with zero attached hydrogens (tertiary/aromatic N) is 1. The Labute approximate surface area is 105 Å². The highest BCUT2D eigenvalue weighted by Gasteiger charge is 2.36. The van der Waals surface area contributed by atoms with Gasteiger partial charge >= 0.3 is 6.18 Å². The fourth-order valence-electron chi connectivity index (χ4n) is 2.90. The first-order valence-corrected chi connectivity index (χ1v) is 6.10. The van der Waals surface area contributed by atoms with Crippen LogP contribution in [0.3, 0.4) is 0 Å². The van der Waals surface area contributed by atoms with Crippen LogP contribution >= 0.6 is 0 Å². The predicted octanol–water partition coefficient (Wildman–Crippen LogP) is 3.33. The van der Waals surface area contributed by atoms with Crippen molar-refractivity contribution < 1.29 is 13.2 Å². The van der Waals surface area contributed by atoms with Crippen LogP contribution in [0.25, 0.3) is 0 Å². The Balaban J connectivity index is 2.45. The Morgan fingerprint density at radius 2 is 2.06 bits per heavy atom. The molecule has 1 unspecified atom stereocenters. The fraction of sp³-hybridized carbons (Fsp3) is 0.692. The molecular formula is C13H19F3N2. The lowest BCUT2D eigenvalue weighted by molar-refractivity contribution is -0.141. The molecule has 1 aliphatic rings. The number of hydrogen-bond donors (Lipinski definition) is 1. The lowest BCUT2D eigenvalue weighted by Gasteiger charge is -2.34. The van der Waals surface area contributed by atoms with E-state index < -0.39 is 12.7 Å². The molecule has 0 aromatic carbocycles. The molecule has 0 fully saturated rings. The van der Waals surface area contributed by atoms with Gasteiger partial charge in [-0.2, -0.15) is 13.2 Å². The molecule has 0 spiro atoms. The molecule has 2 nitrogen and oxygen atoms in total. The van der Waals surface area contributed by atoms with Crippen molar-refractivity contribution >= 4 is 0 Å². The Morgan fingerprint density at radius 1 is 1.44 bits per heavy atom. The van der Waals surface area contributed by atoms with Crippen molar-refractivity contribution in [3.05, 3.63) is 23.0 Å². The zero-order valence-corrected chi connectivity index (χ0v) is 10.9. The summed E-state index contributed by atoms with van der Waals surface area (Å²) < 4.78 is 39.2. The monoisotopic (exact) mass is 260 g/mol. The van der Waals surface area contributed by atoms with Gasteiger partial charge in [-0.25, -0.2) is 0 Å². The van der Waals surface area contributed by atoms with Crippen molar-refractivity contribution in [2.45, 2.75) is 52.4 Å². The third-order valence-corrected chi connectivity index (χ3v) is 3.60. The van der Waals surface area contributed by atoms with Gasteiger partial charge in [0.25, 0.3) is 0 Å². The summed E-state index contributed by atoms with van der Waals surface area (Å²) >= 11 is 0. The number of aromatic nitrogens is 1. The minimum atomic E-state index is -4.19. The van der Waals surface area contributed by atoms with Gasteiger partial charge in [0.05, 0.1) is 0 Å². The summed E-state index contributed by atoms with van der Waals surface area (Å²) in [4.78, 5) is 0. The minimum absolute atomic E-state index is 0.0411. The molecule has 0 aliphatic heterocycles. The summed E-state index contributed by atoms with van der Waals surface area (Å²) in [6.45, 7) is 4.90. The topological polar surface area (TPSA) is 30.9 Å². The molecule has 0 saturated heterocycles. The van der Waals surface area contributed by atoms with Gasteiger partial charge in [0.2, 0.25) is 0 Å². The van der Waals surface area contributed by atoms with Crippen LogP contribution in [0.5, 0.6) is 0 Å². The zero-order chi connectivity index (χ0) is 13.7. The third-order valence-electron chi connectivity index (χ3n) is 3.60. The maximum absolute atomic E-state index is 12.6. The van der Waals surface area contributed by atoms with Crippen molar-refractivity contribution in [1.29, 1.82) is 0 Å². The number of fused-ring (bicyclic) bond motifs is 1. The second-order valence-electron chi connectivity index (χ2n) is 6.04. The molecular weight excluding hydrogens is 241 g/mol. The quantitative estimate of drug-likeness (QED) is 0.825. The van der Waals surface area contributed by atoms with E-state index in [9.17, 15) is 13.2 Å². The highest BCUT2D eigenvalue weighted by molar-refractivity contribution is 5.34. The van der Waals surface area contributed by atoms with Crippen LogP contribution in [0.15, 0.2) is 6.07 Å². The van der Waals surface area contributed by atoms with Crippen LogP contribution in [0.4, 0.5) is 13.2 Å². The first-order valence-electron chi connectivity index (χ1n) is 6.10. The normalized spacial score (nSPS) is 22.9. The molecule has 2 N–H and O–H groups in total. The number of halogens is 3. The van der Waals surface area contributed by atoms with Crippen molar-refractivity contribution in [1.82, 2.24) is 4.57 Å². The summed E-state index contributed by atoms with van der Waals surface area (Å²) in [5.41, 5.74) is 8.32. The maximum atomic E-state index is 12.6. The number of hydrogen-bond acceptors (Lipinski definition) is 1. The summed E-state index contributed by atoms with van der Waals surface area (Å²) in [5, 5.41) is 0. The first-order chi connectivity index (χ1) is 8.09. The molecule has 5 heteroatoms. The predicted molar refractivity (Wildman–Crippen MR) is 64.3 cm³/mol. The summed E-state index contributed by atoms with van der Waals surface area (Å²) in [6.07, 6.45) is -2.72. The molecule has 2 rings (SSSR count). The zero-order valence-electron chi connectivity index (χ0n) is 10.9. The number of aryl methyl sites for hydroxylation is 1. The second-order valence-corrected chi connectivity index (χ2v) is 6.04. The molecule has 18 heavy (non-hydrogen) atoms. The van der Waals surface area contributed by atoms with E-state index in [2.05, 4.69) is 13.8 Å². The van der Waals surface area contributed by atoms with Crippen LogP contribution in [-0.4, -0.2) is 10.7 Å². The summed E-state index contributed by atoms with van der Waals surface area (Å²) in [6, 6.07) is 1.65. The number of nitrogens with two attached hydrogens (primary N) is 1. The molecule has 0 amide bonds. The van der Waals surface area contributed by atoms with E-state index in [0.29, 0.717) is 12.1 Å². The van der Waals surface area contributed by atoms with E-state index in [-0.39, 0.29) is 11.5 Å². The van der Waals surface area contributed by atoms with E-state index in [0.717, 1.165) is 17.7 Å². The van der Waals surface area contributed by atoms with Gasteiger partial charge in [0.15, 0.2) is 0 Å². The van der Waals surface area contributed by atoms with Gasteiger partial charge in [0, 0.05) is 17.4 Å². The molecule has 0 saturated carbocycles. The molecule has 1 aliphatic carbocycles. The molecule has 1 aromatic rings. The number of alkyl halides is 3. The van der Waals surface area contributed by atoms with Crippen molar-refractivity contribution in [3.63, 3.8) is 0 Å². The van der Waals surface area contributed by atoms with Crippen molar-refractivity contribution in [2.75, 3.05) is 0 Å². The second kappa shape index (κ2) is 4.02. The Morgan fingerprint density at radius 3 is 2.61 bits per heavy atom. The molecule has 1 heterocycles. The average Bonchev–Trinajstić information content (AvgIpc) is 2.41. The van der Waals surface area contributed by atoms with Gasteiger partial charge in [-0.15, -0.1) is 0 Å². The van der Waals surface area contributed by atoms with E-state index in [1.54, 1.807) is 13.0 Å². The lowest BCUT2D eigenvalue weighted by atomic mass is 9.74. The van der Waals surface area contributed by atoms with E-state index in [1.807, 2.05) is 0 Å². The fourth-order valence-corrected chi connectivity index (χ4v) is 2.90. The molecule has 1 atom stereocenters. The molecule has 0 radical (unpaired) electrons. The maximum Gasteiger partial charge on any atom is 0.406 e. The molecule has 0 bridgehead atoms. The van der Waals surface area contributed by atoms with Crippen LogP contribution in [0.2, 0.25) is 0 Å². The Bertz CT molecular complexity index is 458. The lowest BCUT2D eigenvalue weighted by Crippen LogP contribution is -2.31. The van der Waals surface area contributed by atoms with Crippen molar-refractivity contribution in [2.24, 2.45) is 11.1 Å². The van der Waals surface area contributed by atoms with E-state index in [4.69, 9.17) is 5.73 Å². The Kier molecular flexibility index (Phi) is 3.00. The van der Waals surface area contributed by atoms with Gasteiger partial charge in [-0.1, -0.05) is 13.8 Å². The van der Waals surface area contributed by atoms with Crippen molar-refractivity contribution in [3.8, 4) is 0 Å². The van der Waals surface area contributed by atoms with E-state index in [1.165, 1.54) is 4.57 Å². The van der Waals surface area contributed by atoms with Gasteiger partial charge in [-0.3, -0.25) is 0 Å². The van der Waals surface area contributed by atoms with Crippen LogP contribution in [0, 0.1) is 12.3 Å². The third kappa shape index (κ3) is 2.55. The van der Waals surface area contributed by atoms with Gasteiger partial charge < -0.3 is 10.3 Å². The van der Waals surface area contributed by atoms with Gasteiger partial charge in [0.1, 0.15) is 6.54 Å². The van der Waals surface area contributed by atoms with Crippen LogP contribution < -0.4 is 5.73 Å². The SMILES string of the molecule is Cc1cc2c(n1CC(F)(F)F)CC(C)(C)CC2N. The van der Waals surface area contributed by atoms with Crippen LogP contribution in [-0.2, 0) is 13.0 Å². The highest BCUT2D eigenvalue weighted by Crippen LogP contribution is 2.41. The Hall–Kier alpha value is -0.970. The minimum Gasteiger partial charge on any atom is -0.339 e. The number of rotatable bonds is 1. The molecule has 102 valence electrons. The highest BCUT2D eigenvalue weighted by atomic mass is 19.4. The standard InChI is InChI=1S/C13H19F3N2/c1-8-4-9-10(17)5-12(2,3)6-11(9)18(8)7-13(14,15)16/h4,10H,5-7,17H2,1-3H3. The smallest absolute Gasteiger partial charge is 0.339 e. The largest absolute Gasteiger partial charge is 0.406 e. The summed E-state index contributed by atoms with van der Waals surface area (Å²) in [7, 11) is 0. The summed E-state index contributed by atoms with van der Waals surface area (Å²) in [5.74, 6) is 0. The van der Waals surface area contributed by atoms with Crippen LogP contribution in [0.1, 0.15) is 43.3 Å².